The molecule has 1 aliphatic carbocycles. The summed E-state index contributed by atoms with van der Waals surface area (Å²) in [5, 5.41) is 0. The monoisotopic (exact) mass is 277 g/mol. The van der Waals surface area contributed by atoms with E-state index in [-0.39, 0.29) is 18.1 Å². The first-order valence-corrected chi connectivity index (χ1v) is 7.07. The third-order valence-corrected chi connectivity index (χ3v) is 4.30. The minimum atomic E-state index is -1.22. The van der Waals surface area contributed by atoms with Crippen LogP contribution in [-0.2, 0) is 4.74 Å². The molecule has 1 aromatic carbocycles. The van der Waals surface area contributed by atoms with Crippen LogP contribution < -0.4 is 4.74 Å². The molecule has 20 heavy (non-hydrogen) atoms. The van der Waals surface area contributed by atoms with E-state index in [0.717, 1.165) is 24.2 Å². The molecule has 3 unspecified atom stereocenters. The van der Waals surface area contributed by atoms with E-state index in [1.54, 1.807) is 21.0 Å². The molecule has 108 valence electrons. The first kappa shape index (κ1) is 13.4. The van der Waals surface area contributed by atoms with E-state index in [1.165, 1.54) is 0 Å². The Bertz CT molecular complexity index is 518. The second kappa shape index (κ2) is 4.76. The van der Waals surface area contributed by atoms with Gasteiger partial charge in [0, 0.05) is 11.5 Å². The minimum absolute atomic E-state index is 0.0769. The van der Waals surface area contributed by atoms with E-state index in [9.17, 15) is 4.39 Å². The van der Waals surface area contributed by atoms with Crippen molar-refractivity contribution < 1.29 is 13.9 Å². The molecule has 1 saturated carbocycles. The molecule has 4 heteroatoms. The van der Waals surface area contributed by atoms with Gasteiger partial charge < -0.3 is 9.47 Å². The third-order valence-electron chi connectivity index (χ3n) is 4.30. The van der Waals surface area contributed by atoms with E-state index in [4.69, 9.17) is 9.47 Å². The van der Waals surface area contributed by atoms with Crippen molar-refractivity contribution in [3.05, 3.63) is 29.8 Å². The highest BCUT2D eigenvalue weighted by Crippen LogP contribution is 2.42. The van der Waals surface area contributed by atoms with Gasteiger partial charge in [0.1, 0.15) is 17.5 Å². The summed E-state index contributed by atoms with van der Waals surface area (Å²) in [5.74, 6) is 1.36. The van der Waals surface area contributed by atoms with Crippen molar-refractivity contribution in [1.82, 2.24) is 0 Å². The van der Waals surface area contributed by atoms with Crippen molar-refractivity contribution >= 4 is 5.90 Å². The minimum Gasteiger partial charge on any atom is -0.497 e. The standard InChI is InChI=1S/C16H20FNO2/c1-16(2,17)12-8-9-13-14(12)20-15(18-13)10-4-6-11(19-3)7-5-10/h4-7,12-14H,8-9H2,1-3H3. The van der Waals surface area contributed by atoms with E-state index >= 15 is 0 Å². The summed E-state index contributed by atoms with van der Waals surface area (Å²) < 4.78 is 25.3. The summed E-state index contributed by atoms with van der Waals surface area (Å²) in [7, 11) is 1.64. The number of aliphatic imine (C=N–C) groups is 1. The van der Waals surface area contributed by atoms with Crippen LogP contribution >= 0.6 is 0 Å². The number of rotatable bonds is 3. The van der Waals surface area contributed by atoms with E-state index in [0.29, 0.717) is 5.90 Å². The number of halogens is 1. The average Bonchev–Trinajstić information content (AvgIpc) is 2.97. The Morgan fingerprint density at radius 2 is 1.95 bits per heavy atom. The van der Waals surface area contributed by atoms with Crippen molar-refractivity contribution in [3.63, 3.8) is 0 Å². The van der Waals surface area contributed by atoms with Gasteiger partial charge in [0.25, 0.3) is 0 Å². The Hall–Kier alpha value is -1.58. The number of nitrogens with zero attached hydrogens (tertiary/aromatic N) is 1. The van der Waals surface area contributed by atoms with Gasteiger partial charge in [0.05, 0.1) is 13.2 Å². The first-order valence-electron chi connectivity index (χ1n) is 7.07. The largest absolute Gasteiger partial charge is 0.497 e. The van der Waals surface area contributed by atoms with Crippen molar-refractivity contribution in [2.24, 2.45) is 10.9 Å². The fourth-order valence-electron chi connectivity index (χ4n) is 3.17. The highest BCUT2D eigenvalue weighted by Gasteiger charge is 2.49. The zero-order valence-electron chi connectivity index (χ0n) is 12.1. The van der Waals surface area contributed by atoms with Crippen molar-refractivity contribution in [3.8, 4) is 5.75 Å². The normalized spacial score (nSPS) is 28.8. The summed E-state index contributed by atoms with van der Waals surface area (Å²) >= 11 is 0. The van der Waals surface area contributed by atoms with Crippen LogP contribution in [0.25, 0.3) is 0 Å². The van der Waals surface area contributed by atoms with Gasteiger partial charge in [-0.2, -0.15) is 0 Å². The zero-order valence-corrected chi connectivity index (χ0v) is 12.1. The fourth-order valence-corrected chi connectivity index (χ4v) is 3.17. The number of methoxy groups -OCH3 is 1. The molecule has 0 amide bonds. The lowest BCUT2D eigenvalue weighted by atomic mass is 9.89. The molecule has 3 atom stereocenters. The summed E-state index contributed by atoms with van der Waals surface area (Å²) in [5.41, 5.74) is -0.291. The van der Waals surface area contributed by atoms with Crippen LogP contribution in [-0.4, -0.2) is 30.8 Å². The molecule has 0 saturated heterocycles. The van der Waals surface area contributed by atoms with Gasteiger partial charge in [-0.05, 0) is 51.0 Å². The molecule has 3 rings (SSSR count). The molecule has 0 N–H and O–H groups in total. The third kappa shape index (κ3) is 2.28. The molecule has 2 aliphatic rings. The highest BCUT2D eigenvalue weighted by molar-refractivity contribution is 5.95. The first-order chi connectivity index (χ1) is 9.49. The van der Waals surface area contributed by atoms with Gasteiger partial charge in [-0.25, -0.2) is 9.38 Å². The summed E-state index contributed by atoms with van der Waals surface area (Å²) in [6.07, 6.45) is 1.63. The number of alkyl halides is 1. The smallest absolute Gasteiger partial charge is 0.216 e. The Morgan fingerprint density at radius 3 is 2.55 bits per heavy atom. The van der Waals surface area contributed by atoms with Crippen LogP contribution in [0.4, 0.5) is 4.39 Å². The van der Waals surface area contributed by atoms with Crippen molar-refractivity contribution in [2.45, 2.75) is 44.5 Å². The SMILES string of the molecule is COc1ccc(C2=NC3CCC(C(C)(C)F)C3O2)cc1. The molecule has 0 spiro atoms. The van der Waals surface area contributed by atoms with E-state index in [2.05, 4.69) is 4.99 Å². The Kier molecular flexibility index (Phi) is 3.19. The maximum atomic E-state index is 14.2. The predicted molar refractivity (Wildman–Crippen MR) is 76.1 cm³/mol. The highest BCUT2D eigenvalue weighted by atomic mass is 19.1. The number of hydrogen-bond donors (Lipinski definition) is 0. The number of fused-ring (bicyclic) bond motifs is 1. The summed E-state index contributed by atoms with van der Waals surface area (Å²) in [6, 6.07) is 7.72. The van der Waals surface area contributed by atoms with Gasteiger partial charge in [-0.3, -0.25) is 0 Å². The molecule has 0 aromatic heterocycles. The molecule has 1 fully saturated rings. The maximum absolute atomic E-state index is 14.2. The number of benzene rings is 1. The fraction of sp³-hybridized carbons (Fsp3) is 0.562. The Balaban J connectivity index is 1.78. The average molecular weight is 277 g/mol. The molecule has 1 aromatic rings. The Labute approximate surface area is 118 Å². The second-order valence-corrected chi connectivity index (χ2v) is 6.06. The van der Waals surface area contributed by atoms with Crippen LogP contribution in [0, 0.1) is 5.92 Å². The molecular formula is C16H20FNO2. The summed E-state index contributed by atoms with van der Waals surface area (Å²) in [4.78, 5) is 4.63. The van der Waals surface area contributed by atoms with Gasteiger partial charge in [-0.1, -0.05) is 0 Å². The lowest BCUT2D eigenvalue weighted by Gasteiger charge is -2.27. The quantitative estimate of drug-likeness (QED) is 0.848. The molecular weight excluding hydrogens is 257 g/mol. The number of ether oxygens (including phenoxy) is 2. The van der Waals surface area contributed by atoms with Crippen LogP contribution in [0.15, 0.2) is 29.3 Å². The summed E-state index contributed by atoms with van der Waals surface area (Å²) in [6.45, 7) is 3.27. The van der Waals surface area contributed by atoms with Gasteiger partial charge in [0.2, 0.25) is 5.90 Å². The number of hydrogen-bond acceptors (Lipinski definition) is 3. The second-order valence-electron chi connectivity index (χ2n) is 6.06. The van der Waals surface area contributed by atoms with Gasteiger partial charge in [0.15, 0.2) is 0 Å². The Morgan fingerprint density at radius 1 is 1.25 bits per heavy atom. The van der Waals surface area contributed by atoms with Crippen LogP contribution in [0.5, 0.6) is 5.75 Å². The van der Waals surface area contributed by atoms with Crippen LogP contribution in [0.1, 0.15) is 32.3 Å². The van der Waals surface area contributed by atoms with Crippen LogP contribution in [0.2, 0.25) is 0 Å². The van der Waals surface area contributed by atoms with Crippen LogP contribution in [0.3, 0.4) is 0 Å². The molecule has 0 radical (unpaired) electrons. The predicted octanol–water partition coefficient (Wildman–Crippen LogP) is 3.37. The lowest BCUT2D eigenvalue weighted by molar-refractivity contribution is 0.0436. The zero-order chi connectivity index (χ0) is 14.3. The molecule has 3 nitrogen and oxygen atoms in total. The van der Waals surface area contributed by atoms with E-state index < -0.39 is 5.67 Å². The lowest BCUT2D eigenvalue weighted by Crippen LogP contribution is -2.36. The molecule has 1 aliphatic heterocycles. The van der Waals surface area contributed by atoms with Crippen molar-refractivity contribution in [2.75, 3.05) is 7.11 Å². The van der Waals surface area contributed by atoms with Crippen molar-refractivity contribution in [1.29, 1.82) is 0 Å². The van der Waals surface area contributed by atoms with Gasteiger partial charge >= 0.3 is 0 Å². The van der Waals surface area contributed by atoms with Gasteiger partial charge in [-0.15, -0.1) is 0 Å². The van der Waals surface area contributed by atoms with E-state index in [1.807, 2.05) is 24.3 Å². The molecule has 0 bridgehead atoms. The topological polar surface area (TPSA) is 30.8 Å². The molecule has 1 heterocycles. The maximum Gasteiger partial charge on any atom is 0.216 e.